The van der Waals surface area contributed by atoms with E-state index in [4.69, 9.17) is 16.3 Å². The van der Waals surface area contributed by atoms with Crippen molar-refractivity contribution < 1.29 is 13.5 Å². The van der Waals surface area contributed by atoms with Gasteiger partial charge in [-0.25, -0.2) is 4.39 Å². The van der Waals surface area contributed by atoms with Gasteiger partial charge in [0.05, 0.1) is 5.38 Å². The normalized spacial score (nSPS) is 11.9. The Bertz CT molecular complexity index is 599. The van der Waals surface area contributed by atoms with Crippen molar-refractivity contribution in [3.05, 3.63) is 77.9 Å². The summed E-state index contributed by atoms with van der Waals surface area (Å²) in [5.41, 5.74) is 1.17. The molecule has 0 bridgehead atoms. The molecule has 2 aromatic rings. The van der Waals surface area contributed by atoms with Gasteiger partial charge in [-0.05, 0) is 11.6 Å². The maximum Gasteiger partial charge on any atom is 0.200 e. The van der Waals surface area contributed by atoms with Crippen LogP contribution in [-0.2, 0) is 0 Å². The first-order chi connectivity index (χ1) is 9.65. The summed E-state index contributed by atoms with van der Waals surface area (Å²) in [6.07, 6.45) is 1.46. The fourth-order valence-electron chi connectivity index (χ4n) is 1.84. The maximum atomic E-state index is 13.9. The van der Waals surface area contributed by atoms with Crippen LogP contribution in [0.2, 0.25) is 0 Å². The molecule has 0 fully saturated rings. The zero-order valence-corrected chi connectivity index (χ0v) is 11.4. The van der Waals surface area contributed by atoms with E-state index in [9.17, 15) is 8.78 Å². The summed E-state index contributed by atoms with van der Waals surface area (Å²) < 4.78 is 32.4. The van der Waals surface area contributed by atoms with Crippen LogP contribution < -0.4 is 4.74 Å². The van der Waals surface area contributed by atoms with E-state index in [1.165, 1.54) is 12.1 Å². The van der Waals surface area contributed by atoms with E-state index < -0.39 is 17.0 Å². The molecule has 0 aliphatic rings. The number of alkyl halides is 1. The highest BCUT2D eigenvalue weighted by atomic mass is 35.5. The molecule has 2 aromatic carbocycles. The van der Waals surface area contributed by atoms with Crippen molar-refractivity contribution in [2.45, 2.75) is 5.38 Å². The number of halogens is 3. The smallest absolute Gasteiger partial charge is 0.200 e. The van der Waals surface area contributed by atoms with Crippen molar-refractivity contribution >= 4 is 11.6 Å². The number of ether oxygens (including phenoxy) is 1. The Morgan fingerprint density at radius 1 is 1.15 bits per heavy atom. The largest absolute Gasteiger partial charge is 0.486 e. The van der Waals surface area contributed by atoms with Crippen molar-refractivity contribution in [2.75, 3.05) is 6.61 Å². The molecular formula is C16H13ClF2O. The fraction of sp³-hybridized carbons (Fsp3) is 0.125. The lowest BCUT2D eigenvalue weighted by atomic mass is 10.0. The summed E-state index contributed by atoms with van der Waals surface area (Å²) in [4.78, 5) is 0. The summed E-state index contributed by atoms with van der Waals surface area (Å²) in [7, 11) is 0. The average molecular weight is 295 g/mol. The standard InChI is InChI=1S/C16H13ClF2O/c1-2-10-20-16-12(8-9-13(18)15(16)19)14(17)11-6-4-3-5-7-11/h2-9,14H,1,10H2. The van der Waals surface area contributed by atoms with Crippen molar-refractivity contribution in [1.82, 2.24) is 0 Å². The number of rotatable bonds is 5. The van der Waals surface area contributed by atoms with Gasteiger partial charge >= 0.3 is 0 Å². The molecule has 0 saturated heterocycles. The minimum Gasteiger partial charge on any atom is -0.486 e. The third-order valence-corrected chi connectivity index (χ3v) is 3.28. The molecule has 0 aliphatic carbocycles. The van der Waals surface area contributed by atoms with Gasteiger partial charge in [-0.15, -0.1) is 11.6 Å². The Labute approximate surface area is 121 Å². The van der Waals surface area contributed by atoms with Crippen LogP contribution in [0.5, 0.6) is 5.75 Å². The second-order valence-electron chi connectivity index (χ2n) is 4.15. The number of hydrogen-bond donors (Lipinski definition) is 0. The second kappa shape index (κ2) is 6.53. The zero-order valence-electron chi connectivity index (χ0n) is 10.7. The minimum absolute atomic E-state index is 0.0752. The lowest BCUT2D eigenvalue weighted by molar-refractivity contribution is 0.329. The molecule has 0 aliphatic heterocycles. The molecule has 104 valence electrons. The van der Waals surface area contributed by atoms with Crippen LogP contribution in [0.3, 0.4) is 0 Å². The molecule has 0 heterocycles. The molecule has 0 spiro atoms. The Balaban J connectivity index is 2.45. The van der Waals surface area contributed by atoms with Crippen LogP contribution in [0.4, 0.5) is 8.78 Å². The molecular weight excluding hydrogens is 282 g/mol. The van der Waals surface area contributed by atoms with Crippen LogP contribution in [0.25, 0.3) is 0 Å². The van der Waals surface area contributed by atoms with Gasteiger partial charge in [-0.1, -0.05) is 49.1 Å². The quantitative estimate of drug-likeness (QED) is 0.565. The van der Waals surface area contributed by atoms with Gasteiger partial charge in [-0.3, -0.25) is 0 Å². The molecule has 20 heavy (non-hydrogen) atoms. The van der Waals surface area contributed by atoms with Gasteiger partial charge in [0.25, 0.3) is 0 Å². The number of hydrogen-bond acceptors (Lipinski definition) is 1. The van der Waals surface area contributed by atoms with Gasteiger partial charge < -0.3 is 4.74 Å². The first-order valence-electron chi connectivity index (χ1n) is 6.05. The van der Waals surface area contributed by atoms with Crippen LogP contribution in [0, 0.1) is 11.6 Å². The predicted molar refractivity (Wildman–Crippen MR) is 76.2 cm³/mol. The van der Waals surface area contributed by atoms with Gasteiger partial charge in [0.2, 0.25) is 5.82 Å². The van der Waals surface area contributed by atoms with E-state index >= 15 is 0 Å². The fourth-order valence-corrected chi connectivity index (χ4v) is 2.15. The van der Waals surface area contributed by atoms with Gasteiger partial charge in [-0.2, -0.15) is 4.39 Å². The van der Waals surface area contributed by atoms with Crippen molar-refractivity contribution in [2.24, 2.45) is 0 Å². The first kappa shape index (κ1) is 14.5. The van der Waals surface area contributed by atoms with Crippen LogP contribution in [0.1, 0.15) is 16.5 Å². The average Bonchev–Trinajstić information content (AvgIpc) is 2.49. The predicted octanol–water partition coefficient (Wildman–Crippen LogP) is 4.86. The van der Waals surface area contributed by atoms with Crippen molar-refractivity contribution in [3.63, 3.8) is 0 Å². The Kier molecular flexibility index (Phi) is 4.74. The monoisotopic (exact) mass is 294 g/mol. The lowest BCUT2D eigenvalue weighted by Crippen LogP contribution is -2.04. The SMILES string of the molecule is C=CCOc1c(C(Cl)c2ccccc2)ccc(F)c1F. The molecule has 1 unspecified atom stereocenters. The highest BCUT2D eigenvalue weighted by Crippen LogP contribution is 2.37. The summed E-state index contributed by atoms with van der Waals surface area (Å²) in [6, 6.07) is 11.6. The Morgan fingerprint density at radius 2 is 1.85 bits per heavy atom. The topological polar surface area (TPSA) is 9.23 Å². The summed E-state index contributed by atoms with van der Waals surface area (Å²) in [5, 5.41) is -0.619. The van der Waals surface area contributed by atoms with Gasteiger partial charge in [0, 0.05) is 5.56 Å². The van der Waals surface area contributed by atoms with Crippen molar-refractivity contribution in [3.8, 4) is 5.75 Å². The summed E-state index contributed by atoms with van der Waals surface area (Å²) >= 11 is 6.35. The zero-order chi connectivity index (χ0) is 14.5. The van der Waals surface area contributed by atoms with E-state index in [-0.39, 0.29) is 12.4 Å². The lowest BCUT2D eigenvalue weighted by Gasteiger charge is -2.16. The molecule has 0 radical (unpaired) electrons. The first-order valence-corrected chi connectivity index (χ1v) is 6.49. The Hall–Kier alpha value is -1.87. The third-order valence-electron chi connectivity index (χ3n) is 2.79. The molecule has 0 N–H and O–H groups in total. The highest BCUT2D eigenvalue weighted by Gasteiger charge is 2.21. The minimum atomic E-state index is -1.04. The second-order valence-corrected chi connectivity index (χ2v) is 4.59. The molecule has 2 rings (SSSR count). The summed E-state index contributed by atoms with van der Waals surface area (Å²) in [6.45, 7) is 3.56. The van der Waals surface area contributed by atoms with Crippen LogP contribution >= 0.6 is 11.6 Å². The molecule has 4 heteroatoms. The molecule has 0 saturated carbocycles. The maximum absolute atomic E-state index is 13.9. The molecule has 1 atom stereocenters. The van der Waals surface area contributed by atoms with E-state index in [0.29, 0.717) is 5.56 Å². The molecule has 0 aromatic heterocycles. The van der Waals surface area contributed by atoms with Crippen molar-refractivity contribution in [1.29, 1.82) is 0 Å². The van der Waals surface area contributed by atoms with E-state index in [1.807, 2.05) is 30.3 Å². The highest BCUT2D eigenvalue weighted by molar-refractivity contribution is 6.22. The Morgan fingerprint density at radius 3 is 2.50 bits per heavy atom. The van der Waals surface area contributed by atoms with Gasteiger partial charge in [0.1, 0.15) is 6.61 Å². The van der Waals surface area contributed by atoms with E-state index in [0.717, 1.165) is 11.6 Å². The van der Waals surface area contributed by atoms with E-state index in [1.54, 1.807) is 0 Å². The van der Waals surface area contributed by atoms with E-state index in [2.05, 4.69) is 6.58 Å². The molecule has 1 nitrogen and oxygen atoms in total. The number of benzene rings is 2. The van der Waals surface area contributed by atoms with Crippen LogP contribution in [-0.4, -0.2) is 6.61 Å². The summed E-state index contributed by atoms with van der Waals surface area (Å²) in [5.74, 6) is -2.18. The third kappa shape index (κ3) is 2.99. The van der Waals surface area contributed by atoms with Crippen LogP contribution in [0.15, 0.2) is 55.1 Å². The molecule has 0 amide bonds. The van der Waals surface area contributed by atoms with Gasteiger partial charge in [0.15, 0.2) is 11.6 Å².